The van der Waals surface area contributed by atoms with Crippen LogP contribution in [0, 0.1) is 0 Å². The van der Waals surface area contributed by atoms with E-state index >= 15 is 0 Å². The van der Waals surface area contributed by atoms with Crippen molar-refractivity contribution in [3.8, 4) is 0 Å². The molecule has 2 heterocycles. The van der Waals surface area contributed by atoms with Gasteiger partial charge in [0.1, 0.15) is 11.7 Å². The van der Waals surface area contributed by atoms with Gasteiger partial charge in [0.15, 0.2) is 0 Å². The minimum Gasteiger partial charge on any atom is -0.462 e. The van der Waals surface area contributed by atoms with Crippen LogP contribution < -0.4 is 0 Å². The number of hydrogen-bond donors (Lipinski definition) is 0. The highest BCUT2D eigenvalue weighted by Crippen LogP contribution is 2.18. The molecule has 0 atom stereocenters. The zero-order valence-electron chi connectivity index (χ0n) is 13.3. The van der Waals surface area contributed by atoms with Crippen molar-refractivity contribution < 1.29 is 19.1 Å². The SMILES string of the molecule is CC(C)(C)OC(=O)N1CCC(OC(=O)Cc2cccs2)CC1. The first-order valence-electron chi connectivity index (χ1n) is 7.53. The van der Waals surface area contributed by atoms with E-state index in [2.05, 4.69) is 0 Å². The molecule has 0 aliphatic carbocycles. The van der Waals surface area contributed by atoms with Crippen LogP contribution in [0.2, 0.25) is 0 Å². The maximum absolute atomic E-state index is 12.0. The molecule has 1 aliphatic rings. The van der Waals surface area contributed by atoms with Crippen LogP contribution in [0.4, 0.5) is 4.79 Å². The quantitative estimate of drug-likeness (QED) is 0.801. The molecular formula is C16H23NO4S. The van der Waals surface area contributed by atoms with E-state index in [4.69, 9.17) is 9.47 Å². The van der Waals surface area contributed by atoms with Crippen molar-refractivity contribution in [1.29, 1.82) is 0 Å². The molecule has 1 aromatic rings. The average Bonchev–Trinajstić information content (AvgIpc) is 2.90. The van der Waals surface area contributed by atoms with Crippen molar-refractivity contribution in [3.05, 3.63) is 22.4 Å². The second-order valence-corrected chi connectivity index (χ2v) is 7.44. The first-order valence-corrected chi connectivity index (χ1v) is 8.41. The van der Waals surface area contributed by atoms with Crippen LogP contribution in [-0.4, -0.2) is 41.8 Å². The van der Waals surface area contributed by atoms with Crippen molar-refractivity contribution in [3.63, 3.8) is 0 Å². The highest BCUT2D eigenvalue weighted by Gasteiger charge is 2.28. The van der Waals surface area contributed by atoms with E-state index in [0.29, 0.717) is 32.4 Å². The summed E-state index contributed by atoms with van der Waals surface area (Å²) in [6.45, 7) is 6.68. The lowest BCUT2D eigenvalue weighted by atomic mass is 10.1. The van der Waals surface area contributed by atoms with E-state index in [-0.39, 0.29) is 18.2 Å². The number of likely N-dealkylation sites (tertiary alicyclic amines) is 1. The normalized spacial score (nSPS) is 16.4. The fourth-order valence-corrected chi connectivity index (χ4v) is 2.96. The number of ether oxygens (including phenoxy) is 2. The molecule has 0 saturated carbocycles. The molecule has 0 spiro atoms. The lowest BCUT2D eigenvalue weighted by molar-refractivity contribution is -0.150. The van der Waals surface area contributed by atoms with Gasteiger partial charge in [0, 0.05) is 30.8 Å². The summed E-state index contributed by atoms with van der Waals surface area (Å²) in [5.41, 5.74) is -0.485. The standard InChI is InChI=1S/C16H23NO4S/c1-16(2,3)21-15(19)17-8-6-12(7-9-17)20-14(18)11-13-5-4-10-22-13/h4-5,10,12H,6-9,11H2,1-3H3. The molecule has 122 valence electrons. The van der Waals surface area contributed by atoms with Gasteiger partial charge < -0.3 is 14.4 Å². The summed E-state index contributed by atoms with van der Waals surface area (Å²) in [5, 5.41) is 1.95. The first kappa shape index (κ1) is 16.8. The molecule has 2 rings (SSSR count). The molecule has 0 aromatic carbocycles. The van der Waals surface area contributed by atoms with Gasteiger partial charge in [-0.15, -0.1) is 11.3 Å². The Morgan fingerprint density at radius 2 is 2.00 bits per heavy atom. The maximum Gasteiger partial charge on any atom is 0.410 e. The fraction of sp³-hybridized carbons (Fsp3) is 0.625. The van der Waals surface area contributed by atoms with Gasteiger partial charge in [-0.1, -0.05) is 6.07 Å². The fourth-order valence-electron chi connectivity index (χ4n) is 2.27. The number of piperidine rings is 1. The summed E-state index contributed by atoms with van der Waals surface area (Å²) in [6.07, 6.45) is 1.25. The van der Waals surface area contributed by atoms with Crippen LogP contribution in [0.3, 0.4) is 0 Å². The Labute approximate surface area is 135 Å². The number of hydrogen-bond acceptors (Lipinski definition) is 5. The van der Waals surface area contributed by atoms with E-state index in [1.807, 2.05) is 38.3 Å². The second-order valence-electron chi connectivity index (χ2n) is 6.41. The predicted octanol–water partition coefficient (Wildman–Crippen LogP) is 3.23. The molecular weight excluding hydrogens is 302 g/mol. The molecule has 1 fully saturated rings. The average molecular weight is 325 g/mol. The van der Waals surface area contributed by atoms with Crippen molar-refractivity contribution in [2.45, 2.75) is 51.7 Å². The third-order valence-electron chi connectivity index (χ3n) is 3.29. The van der Waals surface area contributed by atoms with E-state index in [1.165, 1.54) is 0 Å². The van der Waals surface area contributed by atoms with E-state index in [9.17, 15) is 9.59 Å². The van der Waals surface area contributed by atoms with Gasteiger partial charge in [0.05, 0.1) is 6.42 Å². The number of esters is 1. The Morgan fingerprint density at radius 3 is 2.55 bits per heavy atom. The zero-order chi connectivity index (χ0) is 16.2. The molecule has 5 nitrogen and oxygen atoms in total. The van der Waals surface area contributed by atoms with Crippen molar-refractivity contribution in [2.24, 2.45) is 0 Å². The minimum atomic E-state index is -0.485. The number of rotatable bonds is 3. The van der Waals surface area contributed by atoms with Crippen LogP contribution in [0.25, 0.3) is 0 Å². The third kappa shape index (κ3) is 5.33. The smallest absolute Gasteiger partial charge is 0.410 e. The number of thiophene rings is 1. The molecule has 0 unspecified atom stereocenters. The van der Waals surface area contributed by atoms with E-state index < -0.39 is 5.60 Å². The van der Waals surface area contributed by atoms with Gasteiger partial charge in [0.2, 0.25) is 0 Å². The molecule has 0 N–H and O–H groups in total. The molecule has 1 aliphatic heterocycles. The minimum absolute atomic E-state index is 0.105. The summed E-state index contributed by atoms with van der Waals surface area (Å²) in [6, 6.07) is 3.85. The summed E-state index contributed by atoms with van der Waals surface area (Å²) in [4.78, 5) is 26.5. The van der Waals surface area contributed by atoms with Crippen LogP contribution in [-0.2, 0) is 20.7 Å². The molecule has 0 bridgehead atoms. The van der Waals surface area contributed by atoms with Gasteiger partial charge in [0.25, 0.3) is 0 Å². The molecule has 1 amide bonds. The molecule has 1 aromatic heterocycles. The summed E-state index contributed by atoms with van der Waals surface area (Å²) in [7, 11) is 0. The number of carbonyl (C=O) groups excluding carboxylic acids is 2. The summed E-state index contributed by atoms with van der Waals surface area (Å²) >= 11 is 1.55. The number of amides is 1. The van der Waals surface area contributed by atoms with Crippen LogP contribution >= 0.6 is 11.3 Å². The molecule has 0 radical (unpaired) electrons. The van der Waals surface area contributed by atoms with Crippen LogP contribution in [0.1, 0.15) is 38.5 Å². The van der Waals surface area contributed by atoms with Crippen LogP contribution in [0.5, 0.6) is 0 Å². The Balaban J connectivity index is 1.73. The number of carbonyl (C=O) groups is 2. The Kier molecular flexibility index (Phi) is 5.45. The monoisotopic (exact) mass is 325 g/mol. The van der Waals surface area contributed by atoms with Gasteiger partial charge in [-0.2, -0.15) is 0 Å². The lowest BCUT2D eigenvalue weighted by Gasteiger charge is -2.33. The lowest BCUT2D eigenvalue weighted by Crippen LogP contribution is -2.43. The highest BCUT2D eigenvalue weighted by atomic mass is 32.1. The van der Waals surface area contributed by atoms with Gasteiger partial charge in [-0.3, -0.25) is 4.79 Å². The predicted molar refractivity (Wildman–Crippen MR) is 84.9 cm³/mol. The summed E-state index contributed by atoms with van der Waals surface area (Å²) < 4.78 is 10.8. The van der Waals surface area contributed by atoms with E-state index in [1.54, 1.807) is 16.2 Å². The Morgan fingerprint density at radius 1 is 1.32 bits per heavy atom. The second kappa shape index (κ2) is 7.13. The Hall–Kier alpha value is -1.56. The first-order chi connectivity index (χ1) is 10.3. The van der Waals surface area contributed by atoms with Crippen molar-refractivity contribution in [2.75, 3.05) is 13.1 Å². The zero-order valence-corrected chi connectivity index (χ0v) is 14.1. The van der Waals surface area contributed by atoms with Crippen molar-refractivity contribution in [1.82, 2.24) is 4.90 Å². The summed E-state index contributed by atoms with van der Waals surface area (Å²) in [5.74, 6) is -0.196. The largest absolute Gasteiger partial charge is 0.462 e. The molecule has 1 saturated heterocycles. The Bertz CT molecular complexity index is 499. The topological polar surface area (TPSA) is 55.8 Å². The molecule has 22 heavy (non-hydrogen) atoms. The number of nitrogens with zero attached hydrogens (tertiary/aromatic N) is 1. The van der Waals surface area contributed by atoms with Gasteiger partial charge >= 0.3 is 12.1 Å². The van der Waals surface area contributed by atoms with Gasteiger partial charge in [-0.05, 0) is 32.2 Å². The van der Waals surface area contributed by atoms with Crippen LogP contribution in [0.15, 0.2) is 17.5 Å². The van der Waals surface area contributed by atoms with Gasteiger partial charge in [-0.25, -0.2) is 4.79 Å². The third-order valence-corrected chi connectivity index (χ3v) is 4.17. The highest BCUT2D eigenvalue weighted by molar-refractivity contribution is 7.10. The molecule has 6 heteroatoms. The van der Waals surface area contributed by atoms with Crippen molar-refractivity contribution >= 4 is 23.4 Å². The maximum atomic E-state index is 12.0. The van der Waals surface area contributed by atoms with E-state index in [0.717, 1.165) is 4.88 Å².